The summed E-state index contributed by atoms with van der Waals surface area (Å²) in [7, 11) is 1.94. The van der Waals surface area contributed by atoms with Crippen molar-refractivity contribution in [2.75, 3.05) is 19.7 Å². The summed E-state index contributed by atoms with van der Waals surface area (Å²) in [6, 6.07) is 10.2. The van der Waals surface area contributed by atoms with Gasteiger partial charge < -0.3 is 19.9 Å². The van der Waals surface area contributed by atoms with E-state index >= 15 is 0 Å². The molecule has 1 aromatic carbocycles. The molecular weight excluding hydrogens is 340 g/mol. The molecule has 0 saturated heterocycles. The Morgan fingerprint density at radius 2 is 2.07 bits per heavy atom. The second-order valence-corrected chi connectivity index (χ2v) is 6.26. The van der Waals surface area contributed by atoms with Gasteiger partial charge in [0.1, 0.15) is 12.4 Å². The molecule has 0 spiro atoms. The SMILES string of the molecule is C=CCNC(=NCc1nnc(C)n1C)NCCCOC(C)c1ccccc1. The van der Waals surface area contributed by atoms with Crippen LogP contribution in [0.3, 0.4) is 0 Å². The summed E-state index contributed by atoms with van der Waals surface area (Å²) < 4.78 is 7.84. The van der Waals surface area contributed by atoms with Crippen LogP contribution in [0.4, 0.5) is 0 Å². The molecular formula is C20H30N6O. The number of aryl methyl sites for hydroxylation is 1. The number of rotatable bonds is 10. The van der Waals surface area contributed by atoms with Crippen LogP contribution >= 0.6 is 0 Å². The predicted octanol–water partition coefficient (Wildman–Crippen LogP) is 2.51. The van der Waals surface area contributed by atoms with Crippen molar-refractivity contribution in [1.82, 2.24) is 25.4 Å². The largest absolute Gasteiger partial charge is 0.374 e. The van der Waals surface area contributed by atoms with E-state index in [0.29, 0.717) is 19.7 Å². The predicted molar refractivity (Wildman–Crippen MR) is 109 cm³/mol. The minimum atomic E-state index is 0.0948. The molecule has 7 nitrogen and oxygen atoms in total. The van der Waals surface area contributed by atoms with Crippen LogP contribution in [0, 0.1) is 6.92 Å². The van der Waals surface area contributed by atoms with E-state index in [4.69, 9.17) is 4.74 Å². The molecule has 146 valence electrons. The fraction of sp³-hybridized carbons (Fsp3) is 0.450. The number of aliphatic imine (C=N–C) groups is 1. The van der Waals surface area contributed by atoms with E-state index in [-0.39, 0.29) is 6.10 Å². The van der Waals surface area contributed by atoms with Gasteiger partial charge in [0.15, 0.2) is 11.8 Å². The van der Waals surface area contributed by atoms with Crippen LogP contribution in [0.15, 0.2) is 48.0 Å². The first-order chi connectivity index (χ1) is 13.1. The molecule has 1 aromatic heterocycles. The first kappa shape index (κ1) is 20.6. The zero-order valence-electron chi connectivity index (χ0n) is 16.5. The molecule has 0 bridgehead atoms. The Hall–Kier alpha value is -2.67. The van der Waals surface area contributed by atoms with E-state index in [9.17, 15) is 0 Å². The summed E-state index contributed by atoms with van der Waals surface area (Å²) in [5.41, 5.74) is 1.19. The van der Waals surface area contributed by atoms with Crippen LogP contribution < -0.4 is 10.6 Å². The maximum Gasteiger partial charge on any atom is 0.191 e. The standard InChI is InChI=1S/C20H30N6O/c1-5-12-21-20(23-15-19-25-24-17(3)26(19)4)22-13-9-14-27-16(2)18-10-7-6-8-11-18/h5-8,10-11,16H,1,9,12-15H2,2-4H3,(H2,21,22,23). The van der Waals surface area contributed by atoms with E-state index in [1.807, 2.05) is 36.7 Å². The van der Waals surface area contributed by atoms with Gasteiger partial charge in [-0.15, -0.1) is 16.8 Å². The third kappa shape index (κ3) is 6.86. The van der Waals surface area contributed by atoms with Gasteiger partial charge in [-0.25, -0.2) is 4.99 Å². The molecule has 0 amide bonds. The Morgan fingerprint density at radius 3 is 2.74 bits per heavy atom. The van der Waals surface area contributed by atoms with Crippen molar-refractivity contribution in [3.05, 3.63) is 60.2 Å². The summed E-state index contributed by atoms with van der Waals surface area (Å²) in [5, 5.41) is 14.7. The monoisotopic (exact) mass is 370 g/mol. The molecule has 1 atom stereocenters. The smallest absolute Gasteiger partial charge is 0.191 e. The Kier molecular flexibility index (Phi) is 8.51. The Balaban J connectivity index is 1.76. The minimum Gasteiger partial charge on any atom is -0.374 e. The van der Waals surface area contributed by atoms with Gasteiger partial charge in [-0.1, -0.05) is 36.4 Å². The van der Waals surface area contributed by atoms with Crippen LogP contribution in [0.5, 0.6) is 0 Å². The third-order valence-corrected chi connectivity index (χ3v) is 4.23. The van der Waals surface area contributed by atoms with Gasteiger partial charge in [0.25, 0.3) is 0 Å². The molecule has 1 unspecified atom stereocenters. The average Bonchev–Trinajstić information content (AvgIpc) is 3.01. The molecule has 0 radical (unpaired) electrons. The highest BCUT2D eigenvalue weighted by molar-refractivity contribution is 5.79. The van der Waals surface area contributed by atoms with Gasteiger partial charge in [0.2, 0.25) is 0 Å². The van der Waals surface area contributed by atoms with Crippen LogP contribution in [-0.2, 0) is 18.3 Å². The fourth-order valence-electron chi connectivity index (χ4n) is 2.44. The molecule has 7 heteroatoms. The van der Waals surface area contributed by atoms with Crippen molar-refractivity contribution in [2.45, 2.75) is 32.9 Å². The number of hydrogen-bond donors (Lipinski definition) is 2. The lowest BCUT2D eigenvalue weighted by Crippen LogP contribution is -2.38. The summed E-state index contributed by atoms with van der Waals surface area (Å²) in [4.78, 5) is 4.57. The zero-order chi connectivity index (χ0) is 19.5. The molecule has 1 heterocycles. The molecule has 0 aliphatic heterocycles. The molecule has 0 fully saturated rings. The molecule has 2 N–H and O–H groups in total. The number of aromatic nitrogens is 3. The quantitative estimate of drug-likeness (QED) is 0.291. The van der Waals surface area contributed by atoms with E-state index in [0.717, 1.165) is 30.6 Å². The number of ether oxygens (including phenoxy) is 1. The van der Waals surface area contributed by atoms with Gasteiger partial charge in [-0.2, -0.15) is 0 Å². The Morgan fingerprint density at radius 1 is 1.30 bits per heavy atom. The molecule has 2 aromatic rings. The van der Waals surface area contributed by atoms with Crippen molar-refractivity contribution >= 4 is 5.96 Å². The van der Waals surface area contributed by atoms with E-state index in [1.165, 1.54) is 5.56 Å². The van der Waals surface area contributed by atoms with Gasteiger partial charge >= 0.3 is 0 Å². The molecule has 0 aliphatic carbocycles. The summed E-state index contributed by atoms with van der Waals surface area (Å²) in [5.74, 6) is 2.43. The highest BCUT2D eigenvalue weighted by Crippen LogP contribution is 2.15. The average molecular weight is 371 g/mol. The first-order valence-corrected chi connectivity index (χ1v) is 9.26. The van der Waals surface area contributed by atoms with Crippen molar-refractivity contribution < 1.29 is 4.74 Å². The third-order valence-electron chi connectivity index (χ3n) is 4.23. The number of hydrogen-bond acceptors (Lipinski definition) is 4. The van der Waals surface area contributed by atoms with Crippen LogP contribution in [-0.4, -0.2) is 40.4 Å². The Labute approximate surface area is 161 Å². The number of nitrogens with one attached hydrogen (secondary N) is 2. The van der Waals surface area contributed by atoms with E-state index in [2.05, 4.69) is 51.5 Å². The lowest BCUT2D eigenvalue weighted by atomic mass is 10.1. The van der Waals surface area contributed by atoms with E-state index in [1.54, 1.807) is 6.08 Å². The van der Waals surface area contributed by atoms with Gasteiger partial charge in [-0.3, -0.25) is 0 Å². The minimum absolute atomic E-state index is 0.0948. The van der Waals surface area contributed by atoms with Crippen molar-refractivity contribution in [2.24, 2.45) is 12.0 Å². The number of guanidine groups is 1. The van der Waals surface area contributed by atoms with Crippen LogP contribution in [0.1, 0.15) is 36.7 Å². The highest BCUT2D eigenvalue weighted by atomic mass is 16.5. The Bertz CT molecular complexity index is 725. The van der Waals surface area contributed by atoms with Gasteiger partial charge in [0, 0.05) is 26.7 Å². The maximum absolute atomic E-state index is 5.90. The van der Waals surface area contributed by atoms with E-state index < -0.39 is 0 Å². The van der Waals surface area contributed by atoms with Crippen molar-refractivity contribution in [1.29, 1.82) is 0 Å². The second kappa shape index (κ2) is 11.1. The summed E-state index contributed by atoms with van der Waals surface area (Å²) in [6.07, 6.45) is 2.78. The van der Waals surface area contributed by atoms with Crippen molar-refractivity contribution in [3.63, 3.8) is 0 Å². The maximum atomic E-state index is 5.90. The molecule has 2 rings (SSSR count). The molecule has 27 heavy (non-hydrogen) atoms. The highest BCUT2D eigenvalue weighted by Gasteiger charge is 2.06. The van der Waals surface area contributed by atoms with Crippen LogP contribution in [0.25, 0.3) is 0 Å². The summed E-state index contributed by atoms with van der Waals surface area (Å²) >= 11 is 0. The van der Waals surface area contributed by atoms with Gasteiger partial charge in [0.05, 0.1) is 6.10 Å². The second-order valence-electron chi connectivity index (χ2n) is 6.26. The number of nitrogens with zero attached hydrogens (tertiary/aromatic N) is 4. The zero-order valence-corrected chi connectivity index (χ0v) is 16.5. The lowest BCUT2D eigenvalue weighted by Gasteiger charge is -2.14. The topological polar surface area (TPSA) is 76.4 Å². The normalized spacial score (nSPS) is 12.6. The van der Waals surface area contributed by atoms with Gasteiger partial charge in [-0.05, 0) is 25.8 Å². The fourth-order valence-corrected chi connectivity index (χ4v) is 2.44. The molecule has 0 aliphatic rings. The van der Waals surface area contributed by atoms with Crippen LogP contribution in [0.2, 0.25) is 0 Å². The summed E-state index contributed by atoms with van der Waals surface area (Å²) in [6.45, 7) is 10.3. The molecule has 0 saturated carbocycles. The first-order valence-electron chi connectivity index (χ1n) is 9.26. The number of benzene rings is 1. The van der Waals surface area contributed by atoms with Crippen molar-refractivity contribution in [3.8, 4) is 0 Å². The lowest BCUT2D eigenvalue weighted by molar-refractivity contribution is 0.0646.